The molecule has 0 saturated heterocycles. The molecule has 0 aliphatic heterocycles. The van der Waals surface area contributed by atoms with Gasteiger partial charge in [0.2, 0.25) is 0 Å². The van der Waals surface area contributed by atoms with Crippen molar-refractivity contribution in [3.8, 4) is 0 Å². The summed E-state index contributed by atoms with van der Waals surface area (Å²) in [6.45, 7) is 0. The van der Waals surface area contributed by atoms with Gasteiger partial charge in [-0.25, -0.2) is 8.42 Å². The zero-order valence-corrected chi connectivity index (χ0v) is 13.7. The van der Waals surface area contributed by atoms with E-state index in [0.717, 1.165) is 11.5 Å². The molecule has 0 spiro atoms. The Balaban J connectivity index is 2.04. The molecular weight excluding hydrogens is 352 g/mol. The molecule has 0 unspecified atom stereocenters. The predicted molar refractivity (Wildman–Crippen MR) is 92.9 cm³/mol. The van der Waals surface area contributed by atoms with Gasteiger partial charge < -0.3 is 0 Å². The number of non-ortho nitro benzene ring substituents is 1. The molecule has 0 saturated carbocycles. The fraction of sp³-hybridized carbons (Fsp3) is 0. The zero-order chi connectivity index (χ0) is 17.3. The first-order valence-corrected chi connectivity index (χ1v) is 8.69. The molecule has 24 heavy (non-hydrogen) atoms. The molecule has 3 aromatic rings. The summed E-state index contributed by atoms with van der Waals surface area (Å²) < 4.78 is 27.7. The van der Waals surface area contributed by atoms with Crippen molar-refractivity contribution in [3.63, 3.8) is 0 Å². The number of nitrogens with one attached hydrogen (secondary N) is 1. The maximum atomic E-state index is 12.7. The molecule has 0 fully saturated rings. The van der Waals surface area contributed by atoms with Crippen molar-refractivity contribution in [3.05, 3.63) is 75.8 Å². The average Bonchev–Trinajstić information content (AvgIpc) is 2.56. The van der Waals surface area contributed by atoms with Gasteiger partial charge in [-0.1, -0.05) is 48.0 Å². The number of hydrogen-bond acceptors (Lipinski definition) is 4. The first-order chi connectivity index (χ1) is 11.4. The summed E-state index contributed by atoms with van der Waals surface area (Å²) in [4.78, 5) is 10.2. The van der Waals surface area contributed by atoms with Crippen LogP contribution in [0.5, 0.6) is 0 Å². The minimum Gasteiger partial charge on any atom is -0.278 e. The van der Waals surface area contributed by atoms with Crippen LogP contribution in [0.25, 0.3) is 10.8 Å². The molecule has 3 aromatic carbocycles. The molecule has 8 heteroatoms. The Hall–Kier alpha value is -2.64. The molecule has 0 aliphatic carbocycles. The normalized spacial score (nSPS) is 11.4. The Morgan fingerprint density at radius 3 is 2.42 bits per heavy atom. The second kappa shape index (κ2) is 6.10. The van der Waals surface area contributed by atoms with Gasteiger partial charge in [0, 0.05) is 17.5 Å². The van der Waals surface area contributed by atoms with Gasteiger partial charge in [0.25, 0.3) is 15.7 Å². The minimum absolute atomic E-state index is 0.0481. The lowest BCUT2D eigenvalue weighted by atomic mass is 10.1. The second-order valence-electron chi connectivity index (χ2n) is 5.00. The number of nitro groups is 1. The molecule has 0 aliphatic rings. The van der Waals surface area contributed by atoms with E-state index >= 15 is 0 Å². The van der Waals surface area contributed by atoms with E-state index in [4.69, 9.17) is 11.6 Å². The number of halogens is 1. The van der Waals surface area contributed by atoms with Crippen LogP contribution in [0.1, 0.15) is 0 Å². The Morgan fingerprint density at radius 2 is 1.71 bits per heavy atom. The Labute approximate surface area is 142 Å². The standard InChI is InChI=1S/C16H11ClN2O4S/c17-14-10-12(19(20)21)8-9-15(14)18-24(22,23)16-7-3-5-11-4-1-2-6-13(11)16/h1-10,18H. The van der Waals surface area contributed by atoms with Crippen LogP contribution in [0.2, 0.25) is 5.02 Å². The van der Waals surface area contributed by atoms with E-state index in [1.165, 1.54) is 18.2 Å². The highest BCUT2D eigenvalue weighted by Crippen LogP contribution is 2.30. The van der Waals surface area contributed by atoms with Crippen LogP contribution in [-0.2, 0) is 10.0 Å². The van der Waals surface area contributed by atoms with Gasteiger partial charge in [0.1, 0.15) is 0 Å². The van der Waals surface area contributed by atoms with Crippen LogP contribution >= 0.6 is 11.6 Å². The van der Waals surface area contributed by atoms with E-state index in [-0.39, 0.29) is 21.3 Å². The van der Waals surface area contributed by atoms with Crippen molar-refractivity contribution in [2.45, 2.75) is 4.90 Å². The monoisotopic (exact) mass is 362 g/mol. The van der Waals surface area contributed by atoms with E-state index in [1.54, 1.807) is 18.2 Å². The van der Waals surface area contributed by atoms with Crippen molar-refractivity contribution < 1.29 is 13.3 Å². The third-order valence-corrected chi connectivity index (χ3v) is 5.18. The van der Waals surface area contributed by atoms with Gasteiger partial charge >= 0.3 is 0 Å². The van der Waals surface area contributed by atoms with Crippen LogP contribution in [0.4, 0.5) is 11.4 Å². The highest BCUT2D eigenvalue weighted by atomic mass is 35.5. The molecule has 0 aromatic heterocycles. The number of anilines is 1. The van der Waals surface area contributed by atoms with Crippen molar-refractivity contribution in [2.24, 2.45) is 0 Å². The molecule has 0 radical (unpaired) electrons. The lowest BCUT2D eigenvalue weighted by molar-refractivity contribution is -0.384. The van der Waals surface area contributed by atoms with Gasteiger partial charge in [-0.2, -0.15) is 0 Å². The van der Waals surface area contributed by atoms with Crippen LogP contribution in [-0.4, -0.2) is 13.3 Å². The maximum absolute atomic E-state index is 12.7. The molecule has 0 amide bonds. The first kappa shape index (κ1) is 16.2. The summed E-state index contributed by atoms with van der Waals surface area (Å²) in [7, 11) is -3.90. The predicted octanol–water partition coefficient (Wildman–Crippen LogP) is 4.20. The summed E-state index contributed by atoms with van der Waals surface area (Å²) in [5.41, 5.74) is -0.136. The Morgan fingerprint density at radius 1 is 1.00 bits per heavy atom. The zero-order valence-electron chi connectivity index (χ0n) is 12.1. The SMILES string of the molecule is O=[N+]([O-])c1ccc(NS(=O)(=O)c2cccc3ccccc23)c(Cl)c1. The lowest BCUT2D eigenvalue weighted by Crippen LogP contribution is -2.13. The average molecular weight is 363 g/mol. The molecule has 0 bridgehead atoms. The van der Waals surface area contributed by atoms with E-state index < -0.39 is 14.9 Å². The van der Waals surface area contributed by atoms with E-state index in [0.29, 0.717) is 5.39 Å². The third-order valence-electron chi connectivity index (χ3n) is 3.45. The van der Waals surface area contributed by atoms with E-state index in [2.05, 4.69) is 4.72 Å². The van der Waals surface area contributed by atoms with Crippen LogP contribution in [0.3, 0.4) is 0 Å². The molecule has 0 atom stereocenters. The minimum atomic E-state index is -3.90. The molecule has 3 rings (SSSR count). The number of nitrogens with zero attached hydrogens (tertiary/aromatic N) is 1. The van der Waals surface area contributed by atoms with Gasteiger partial charge in [-0.3, -0.25) is 14.8 Å². The number of benzene rings is 3. The van der Waals surface area contributed by atoms with Gasteiger partial charge in [0.05, 0.1) is 20.5 Å². The maximum Gasteiger partial charge on any atom is 0.271 e. The number of hydrogen-bond donors (Lipinski definition) is 1. The first-order valence-electron chi connectivity index (χ1n) is 6.83. The van der Waals surface area contributed by atoms with Gasteiger partial charge in [0.15, 0.2) is 0 Å². The molecule has 1 N–H and O–H groups in total. The summed E-state index contributed by atoms with van der Waals surface area (Å²) in [5, 5.41) is 12.0. The van der Waals surface area contributed by atoms with E-state index in [1.807, 2.05) is 18.2 Å². The number of fused-ring (bicyclic) bond motifs is 1. The van der Waals surface area contributed by atoms with Gasteiger partial charge in [-0.05, 0) is 17.5 Å². The topological polar surface area (TPSA) is 89.3 Å². The smallest absolute Gasteiger partial charge is 0.271 e. The lowest BCUT2D eigenvalue weighted by Gasteiger charge is -2.11. The van der Waals surface area contributed by atoms with Crippen LogP contribution in [0.15, 0.2) is 65.6 Å². The van der Waals surface area contributed by atoms with Crippen molar-refractivity contribution in [1.82, 2.24) is 0 Å². The summed E-state index contributed by atoms with van der Waals surface area (Å²) in [5.74, 6) is 0. The van der Waals surface area contributed by atoms with Crippen molar-refractivity contribution >= 4 is 43.8 Å². The summed E-state index contributed by atoms with van der Waals surface area (Å²) in [6, 6.07) is 15.6. The van der Waals surface area contributed by atoms with Crippen molar-refractivity contribution in [2.75, 3.05) is 4.72 Å². The second-order valence-corrected chi connectivity index (χ2v) is 7.06. The quantitative estimate of drug-likeness (QED) is 0.556. The van der Waals surface area contributed by atoms with Crippen LogP contribution in [0, 0.1) is 10.1 Å². The molecular formula is C16H11ClN2O4S. The highest BCUT2D eigenvalue weighted by molar-refractivity contribution is 7.93. The fourth-order valence-corrected chi connectivity index (χ4v) is 3.92. The largest absolute Gasteiger partial charge is 0.278 e. The highest BCUT2D eigenvalue weighted by Gasteiger charge is 2.19. The number of rotatable bonds is 4. The van der Waals surface area contributed by atoms with Gasteiger partial charge in [-0.15, -0.1) is 0 Å². The Kier molecular flexibility index (Phi) is 4.13. The Bertz CT molecular complexity index is 1050. The molecule has 6 nitrogen and oxygen atoms in total. The number of nitro benzene ring substituents is 1. The van der Waals surface area contributed by atoms with E-state index in [9.17, 15) is 18.5 Å². The number of sulfonamides is 1. The molecule has 0 heterocycles. The summed E-state index contributed by atoms with van der Waals surface area (Å²) in [6.07, 6.45) is 0. The third kappa shape index (κ3) is 3.04. The summed E-state index contributed by atoms with van der Waals surface area (Å²) >= 11 is 5.95. The van der Waals surface area contributed by atoms with Crippen LogP contribution < -0.4 is 4.72 Å². The molecule has 122 valence electrons. The fourth-order valence-electron chi connectivity index (χ4n) is 2.33. The van der Waals surface area contributed by atoms with Crippen molar-refractivity contribution in [1.29, 1.82) is 0 Å².